The molecule has 1 aliphatic rings. The zero-order chi connectivity index (χ0) is 14.8. The Labute approximate surface area is 125 Å². The molecule has 0 bridgehead atoms. The molecule has 21 heavy (non-hydrogen) atoms. The first kappa shape index (κ1) is 14.1. The molecule has 3 rings (SSSR count). The van der Waals surface area contributed by atoms with Gasteiger partial charge in [0.2, 0.25) is 5.91 Å². The largest absolute Gasteiger partial charge is 0.340 e. The minimum atomic E-state index is 0.236. The van der Waals surface area contributed by atoms with Crippen LogP contribution in [0.25, 0.3) is 10.9 Å². The summed E-state index contributed by atoms with van der Waals surface area (Å²) in [5.74, 6) is 0.236. The first-order valence-electron chi connectivity index (χ1n) is 7.52. The standard InChI is InChI=1S/C16H22N4O/c1-13-4-3-5-15-14(13)12-17-20(15)7-6-16(21)19-10-8-18(2)9-11-19/h3-5,12H,6-11H2,1-2H3. The highest BCUT2D eigenvalue weighted by atomic mass is 16.2. The van der Waals surface area contributed by atoms with Gasteiger partial charge in [0.15, 0.2) is 0 Å². The SMILES string of the molecule is Cc1cccc2c1cnn2CCC(=O)N1CCN(C)CC1. The number of hydrogen-bond acceptors (Lipinski definition) is 3. The number of aromatic nitrogens is 2. The number of carbonyl (C=O) groups is 1. The third kappa shape index (κ3) is 2.93. The molecule has 5 nitrogen and oxygen atoms in total. The quantitative estimate of drug-likeness (QED) is 0.859. The smallest absolute Gasteiger partial charge is 0.224 e. The van der Waals surface area contributed by atoms with Gasteiger partial charge in [-0.3, -0.25) is 9.48 Å². The van der Waals surface area contributed by atoms with Crippen molar-refractivity contribution in [3.8, 4) is 0 Å². The van der Waals surface area contributed by atoms with Crippen molar-refractivity contribution in [3.05, 3.63) is 30.0 Å². The van der Waals surface area contributed by atoms with Crippen LogP contribution >= 0.6 is 0 Å². The minimum Gasteiger partial charge on any atom is -0.340 e. The number of rotatable bonds is 3. The molecule has 0 spiro atoms. The Morgan fingerprint density at radius 1 is 1.24 bits per heavy atom. The number of hydrogen-bond donors (Lipinski definition) is 0. The normalized spacial score (nSPS) is 16.6. The third-order valence-corrected chi connectivity index (χ3v) is 4.30. The minimum absolute atomic E-state index is 0.236. The number of amides is 1. The van der Waals surface area contributed by atoms with Gasteiger partial charge in [0.1, 0.15) is 0 Å². The molecule has 2 heterocycles. The summed E-state index contributed by atoms with van der Waals surface area (Å²) in [5, 5.41) is 5.59. The lowest BCUT2D eigenvalue weighted by atomic mass is 10.1. The lowest BCUT2D eigenvalue weighted by Gasteiger charge is -2.32. The molecular formula is C16H22N4O. The number of piperazine rings is 1. The van der Waals surface area contributed by atoms with Gasteiger partial charge in [0.25, 0.3) is 0 Å². The van der Waals surface area contributed by atoms with Gasteiger partial charge in [-0.05, 0) is 25.6 Å². The highest BCUT2D eigenvalue weighted by Gasteiger charge is 2.18. The van der Waals surface area contributed by atoms with Crippen molar-refractivity contribution in [3.63, 3.8) is 0 Å². The van der Waals surface area contributed by atoms with E-state index < -0.39 is 0 Å². The van der Waals surface area contributed by atoms with Crippen molar-refractivity contribution in [2.45, 2.75) is 19.9 Å². The topological polar surface area (TPSA) is 41.4 Å². The highest BCUT2D eigenvalue weighted by Crippen LogP contribution is 2.18. The Morgan fingerprint density at radius 2 is 2.00 bits per heavy atom. The average molecular weight is 286 g/mol. The van der Waals surface area contributed by atoms with E-state index in [-0.39, 0.29) is 5.91 Å². The fourth-order valence-electron chi connectivity index (χ4n) is 2.84. The van der Waals surface area contributed by atoms with E-state index in [1.807, 2.05) is 21.8 Å². The summed E-state index contributed by atoms with van der Waals surface area (Å²) in [6.07, 6.45) is 2.42. The summed E-state index contributed by atoms with van der Waals surface area (Å²) in [4.78, 5) is 16.5. The van der Waals surface area contributed by atoms with Crippen LogP contribution in [0.5, 0.6) is 0 Å². The molecule has 1 aromatic carbocycles. The molecule has 1 aliphatic heterocycles. The van der Waals surface area contributed by atoms with Gasteiger partial charge in [-0.25, -0.2) is 0 Å². The molecule has 0 N–H and O–H groups in total. The van der Waals surface area contributed by atoms with Crippen LogP contribution in [0.1, 0.15) is 12.0 Å². The summed E-state index contributed by atoms with van der Waals surface area (Å²) in [6.45, 7) is 6.36. The Kier molecular flexibility index (Phi) is 3.92. The van der Waals surface area contributed by atoms with Crippen LogP contribution in [-0.4, -0.2) is 58.7 Å². The van der Waals surface area contributed by atoms with Crippen LogP contribution in [-0.2, 0) is 11.3 Å². The summed E-state index contributed by atoms with van der Waals surface area (Å²) >= 11 is 0. The van der Waals surface area contributed by atoms with Gasteiger partial charge >= 0.3 is 0 Å². The van der Waals surface area contributed by atoms with Gasteiger partial charge in [-0.15, -0.1) is 0 Å². The van der Waals surface area contributed by atoms with E-state index in [1.54, 1.807) is 0 Å². The number of benzene rings is 1. The van der Waals surface area contributed by atoms with E-state index in [0.29, 0.717) is 13.0 Å². The van der Waals surface area contributed by atoms with Gasteiger partial charge in [-0.1, -0.05) is 12.1 Å². The average Bonchev–Trinajstić information content (AvgIpc) is 2.90. The Morgan fingerprint density at radius 3 is 2.76 bits per heavy atom. The number of likely N-dealkylation sites (N-methyl/N-ethyl adjacent to an activating group) is 1. The number of carbonyl (C=O) groups excluding carboxylic acids is 1. The van der Waals surface area contributed by atoms with Crippen LogP contribution in [0.3, 0.4) is 0 Å². The zero-order valence-corrected chi connectivity index (χ0v) is 12.7. The maximum absolute atomic E-state index is 12.3. The highest BCUT2D eigenvalue weighted by molar-refractivity contribution is 5.82. The first-order valence-corrected chi connectivity index (χ1v) is 7.52. The van der Waals surface area contributed by atoms with E-state index >= 15 is 0 Å². The van der Waals surface area contributed by atoms with Crippen molar-refractivity contribution in [1.82, 2.24) is 19.6 Å². The summed E-state index contributed by atoms with van der Waals surface area (Å²) in [7, 11) is 2.10. The molecule has 1 fully saturated rings. The number of aryl methyl sites for hydroxylation is 2. The van der Waals surface area contributed by atoms with Crippen LogP contribution in [0, 0.1) is 6.92 Å². The second-order valence-electron chi connectivity index (χ2n) is 5.81. The fraction of sp³-hybridized carbons (Fsp3) is 0.500. The molecule has 0 aliphatic carbocycles. The van der Waals surface area contributed by atoms with Crippen molar-refractivity contribution in [2.24, 2.45) is 0 Å². The molecule has 0 saturated carbocycles. The predicted octanol–water partition coefficient (Wildman–Crippen LogP) is 1.51. The first-order chi connectivity index (χ1) is 10.1. The molecule has 2 aromatic rings. The van der Waals surface area contributed by atoms with Crippen LogP contribution in [0.4, 0.5) is 0 Å². The lowest BCUT2D eigenvalue weighted by molar-refractivity contribution is -0.133. The van der Waals surface area contributed by atoms with Crippen molar-refractivity contribution in [2.75, 3.05) is 33.2 Å². The zero-order valence-electron chi connectivity index (χ0n) is 12.7. The summed E-state index contributed by atoms with van der Waals surface area (Å²) < 4.78 is 1.94. The van der Waals surface area contributed by atoms with E-state index in [4.69, 9.17) is 0 Å². The maximum atomic E-state index is 12.3. The van der Waals surface area contributed by atoms with Gasteiger partial charge in [0, 0.05) is 38.0 Å². The molecule has 1 aromatic heterocycles. The van der Waals surface area contributed by atoms with E-state index in [1.165, 1.54) is 10.9 Å². The van der Waals surface area contributed by atoms with E-state index in [9.17, 15) is 4.79 Å². The van der Waals surface area contributed by atoms with Gasteiger partial charge < -0.3 is 9.80 Å². The molecule has 1 saturated heterocycles. The molecule has 0 unspecified atom stereocenters. The van der Waals surface area contributed by atoms with Crippen LogP contribution < -0.4 is 0 Å². The molecular weight excluding hydrogens is 264 g/mol. The molecule has 0 radical (unpaired) electrons. The molecule has 5 heteroatoms. The number of fused-ring (bicyclic) bond motifs is 1. The second kappa shape index (κ2) is 5.85. The van der Waals surface area contributed by atoms with Crippen molar-refractivity contribution in [1.29, 1.82) is 0 Å². The number of nitrogens with zero attached hydrogens (tertiary/aromatic N) is 4. The summed E-state index contributed by atoms with van der Waals surface area (Å²) in [5.41, 5.74) is 2.34. The molecule has 1 amide bonds. The molecule has 112 valence electrons. The third-order valence-electron chi connectivity index (χ3n) is 4.30. The van der Waals surface area contributed by atoms with Crippen molar-refractivity contribution < 1.29 is 4.79 Å². The van der Waals surface area contributed by atoms with E-state index in [0.717, 1.165) is 31.7 Å². The summed E-state index contributed by atoms with van der Waals surface area (Å²) in [6, 6.07) is 6.19. The maximum Gasteiger partial charge on any atom is 0.224 e. The Bertz CT molecular complexity index is 641. The monoisotopic (exact) mass is 286 g/mol. The Hall–Kier alpha value is -1.88. The van der Waals surface area contributed by atoms with E-state index in [2.05, 4.69) is 36.1 Å². The Balaban J connectivity index is 1.64. The van der Waals surface area contributed by atoms with Crippen LogP contribution in [0.15, 0.2) is 24.4 Å². The predicted molar refractivity (Wildman–Crippen MR) is 83.2 cm³/mol. The van der Waals surface area contributed by atoms with Crippen molar-refractivity contribution >= 4 is 16.8 Å². The fourth-order valence-corrected chi connectivity index (χ4v) is 2.84. The second-order valence-corrected chi connectivity index (χ2v) is 5.81. The van der Waals surface area contributed by atoms with Crippen LogP contribution in [0.2, 0.25) is 0 Å². The van der Waals surface area contributed by atoms with Gasteiger partial charge in [0.05, 0.1) is 18.3 Å². The lowest BCUT2D eigenvalue weighted by Crippen LogP contribution is -2.47. The van der Waals surface area contributed by atoms with Gasteiger partial charge in [-0.2, -0.15) is 5.10 Å². The molecule has 0 atom stereocenters.